The van der Waals surface area contributed by atoms with Crippen LogP contribution in [0.1, 0.15) is 17.3 Å². The molecule has 20 heavy (non-hydrogen) atoms. The lowest BCUT2D eigenvalue weighted by Crippen LogP contribution is -2.51. The summed E-state index contributed by atoms with van der Waals surface area (Å²) in [5, 5.41) is 0. The smallest absolute Gasteiger partial charge is 0.176 e. The number of halogens is 1. The fourth-order valence-corrected chi connectivity index (χ4v) is 2.40. The fraction of sp³-hybridized carbons (Fsp3) is 0.533. The van der Waals surface area contributed by atoms with Gasteiger partial charge in [0.25, 0.3) is 0 Å². The summed E-state index contributed by atoms with van der Waals surface area (Å²) in [7, 11) is 3.49. The van der Waals surface area contributed by atoms with Gasteiger partial charge in [-0.25, -0.2) is 4.39 Å². The van der Waals surface area contributed by atoms with Crippen LogP contribution in [0.2, 0.25) is 0 Å². The monoisotopic (exact) mass is 280 g/mol. The van der Waals surface area contributed by atoms with Crippen LogP contribution in [0, 0.1) is 5.82 Å². The minimum absolute atomic E-state index is 0.0525. The van der Waals surface area contributed by atoms with Gasteiger partial charge in [-0.15, -0.1) is 0 Å². The van der Waals surface area contributed by atoms with E-state index < -0.39 is 5.82 Å². The van der Waals surface area contributed by atoms with Crippen molar-refractivity contribution in [3.8, 4) is 5.75 Å². The predicted octanol–water partition coefficient (Wildman–Crippen LogP) is 1.65. The molecule has 2 rings (SSSR count). The molecule has 0 saturated carbocycles. The Morgan fingerprint density at radius 3 is 2.80 bits per heavy atom. The van der Waals surface area contributed by atoms with Gasteiger partial charge in [-0.2, -0.15) is 0 Å². The van der Waals surface area contributed by atoms with Gasteiger partial charge in [-0.3, -0.25) is 9.69 Å². The highest BCUT2D eigenvalue weighted by molar-refractivity contribution is 5.97. The van der Waals surface area contributed by atoms with Crippen LogP contribution in [0.5, 0.6) is 5.75 Å². The molecular weight excluding hydrogens is 259 g/mol. The molecule has 1 aliphatic heterocycles. The fourth-order valence-electron chi connectivity index (χ4n) is 2.40. The van der Waals surface area contributed by atoms with Crippen molar-refractivity contribution in [1.82, 2.24) is 9.80 Å². The Morgan fingerprint density at radius 2 is 2.20 bits per heavy atom. The second-order valence-electron chi connectivity index (χ2n) is 5.34. The number of benzene rings is 1. The maximum atomic E-state index is 13.6. The lowest BCUT2D eigenvalue weighted by Gasteiger charge is -2.37. The Morgan fingerprint density at radius 1 is 1.45 bits per heavy atom. The molecule has 1 aromatic rings. The van der Waals surface area contributed by atoms with E-state index in [1.165, 1.54) is 19.2 Å². The first-order valence-electron chi connectivity index (χ1n) is 6.80. The van der Waals surface area contributed by atoms with E-state index in [0.717, 1.165) is 19.6 Å². The molecule has 5 heteroatoms. The molecule has 0 amide bonds. The van der Waals surface area contributed by atoms with E-state index in [1.54, 1.807) is 6.07 Å². The molecule has 1 saturated heterocycles. The predicted molar refractivity (Wildman–Crippen MR) is 75.8 cm³/mol. The van der Waals surface area contributed by atoms with Crippen molar-refractivity contribution in [2.45, 2.75) is 13.0 Å². The highest BCUT2D eigenvalue weighted by Gasteiger charge is 2.22. The van der Waals surface area contributed by atoms with Gasteiger partial charge in [-0.05, 0) is 32.2 Å². The average Bonchev–Trinajstić information content (AvgIpc) is 2.42. The minimum atomic E-state index is -0.495. The topological polar surface area (TPSA) is 32.8 Å². The van der Waals surface area contributed by atoms with E-state index >= 15 is 0 Å². The summed E-state index contributed by atoms with van der Waals surface area (Å²) in [4.78, 5) is 16.6. The van der Waals surface area contributed by atoms with Crippen molar-refractivity contribution < 1.29 is 13.9 Å². The third kappa shape index (κ3) is 3.35. The van der Waals surface area contributed by atoms with Crippen LogP contribution in [0.25, 0.3) is 0 Å². The number of Topliss-reactive ketones (excluding diaryl/α,β-unsaturated/α-hetero) is 1. The van der Waals surface area contributed by atoms with Crippen LogP contribution in [-0.4, -0.2) is 62.0 Å². The third-order valence-electron chi connectivity index (χ3n) is 3.88. The molecule has 1 heterocycles. The van der Waals surface area contributed by atoms with Gasteiger partial charge in [0.15, 0.2) is 17.3 Å². The quantitative estimate of drug-likeness (QED) is 0.785. The maximum absolute atomic E-state index is 13.6. The summed E-state index contributed by atoms with van der Waals surface area (Å²) in [5.74, 6) is -0.386. The molecule has 0 bridgehead atoms. The maximum Gasteiger partial charge on any atom is 0.176 e. The number of ketones is 1. The van der Waals surface area contributed by atoms with E-state index in [0.29, 0.717) is 18.2 Å². The number of nitrogens with zero attached hydrogens (tertiary/aromatic N) is 2. The van der Waals surface area contributed by atoms with Gasteiger partial charge in [0.2, 0.25) is 0 Å². The third-order valence-corrected chi connectivity index (χ3v) is 3.88. The summed E-state index contributed by atoms with van der Waals surface area (Å²) >= 11 is 0. The highest BCUT2D eigenvalue weighted by atomic mass is 19.1. The normalized spacial score (nSPS) is 20.9. The second kappa shape index (κ2) is 6.33. The zero-order chi connectivity index (χ0) is 14.7. The molecule has 1 atom stereocenters. The van der Waals surface area contributed by atoms with E-state index in [9.17, 15) is 9.18 Å². The van der Waals surface area contributed by atoms with Gasteiger partial charge < -0.3 is 9.64 Å². The first-order valence-corrected chi connectivity index (χ1v) is 6.80. The van der Waals surface area contributed by atoms with E-state index in [2.05, 4.69) is 23.8 Å². The largest absolute Gasteiger partial charge is 0.494 e. The number of carbonyl (C=O) groups is 1. The standard InChI is InChI=1S/C15H21FN2O2/c1-11-9-18(7-6-17(11)2)10-14(19)12-4-5-15(20-3)13(16)8-12/h4-5,8,11H,6-7,9-10H2,1-3H3. The number of likely N-dealkylation sites (N-methyl/N-ethyl adjacent to an activating group) is 1. The van der Waals surface area contributed by atoms with Crippen LogP contribution in [0.3, 0.4) is 0 Å². The lowest BCUT2D eigenvalue weighted by atomic mass is 10.1. The molecule has 1 unspecified atom stereocenters. The molecule has 1 aromatic carbocycles. The number of hydrogen-bond acceptors (Lipinski definition) is 4. The Bertz CT molecular complexity index is 493. The van der Waals surface area contributed by atoms with Gasteiger partial charge in [0.1, 0.15) is 0 Å². The van der Waals surface area contributed by atoms with Crippen molar-refractivity contribution in [1.29, 1.82) is 0 Å². The number of ether oxygens (including phenoxy) is 1. The number of carbonyl (C=O) groups excluding carboxylic acids is 1. The lowest BCUT2D eigenvalue weighted by molar-refractivity contribution is 0.0785. The molecule has 1 fully saturated rings. The van der Waals surface area contributed by atoms with Crippen molar-refractivity contribution in [3.05, 3.63) is 29.6 Å². The van der Waals surface area contributed by atoms with Gasteiger partial charge in [0, 0.05) is 31.2 Å². The zero-order valence-corrected chi connectivity index (χ0v) is 12.2. The Kier molecular flexibility index (Phi) is 4.73. The summed E-state index contributed by atoms with van der Waals surface area (Å²) < 4.78 is 18.5. The van der Waals surface area contributed by atoms with Crippen LogP contribution < -0.4 is 4.74 Å². The Balaban J connectivity index is 2.00. The van der Waals surface area contributed by atoms with E-state index in [-0.39, 0.29) is 11.5 Å². The molecule has 110 valence electrons. The number of rotatable bonds is 4. The van der Waals surface area contributed by atoms with Gasteiger partial charge >= 0.3 is 0 Å². The highest BCUT2D eigenvalue weighted by Crippen LogP contribution is 2.18. The van der Waals surface area contributed by atoms with Crippen LogP contribution in [0.15, 0.2) is 18.2 Å². The van der Waals surface area contributed by atoms with Crippen molar-refractivity contribution in [2.75, 3.05) is 40.3 Å². The zero-order valence-electron chi connectivity index (χ0n) is 12.2. The number of hydrogen-bond donors (Lipinski definition) is 0. The molecule has 1 aliphatic rings. The molecule has 0 aromatic heterocycles. The Hall–Kier alpha value is -1.46. The first kappa shape index (κ1) is 14.9. The second-order valence-corrected chi connectivity index (χ2v) is 5.34. The number of piperazine rings is 1. The van der Waals surface area contributed by atoms with Crippen LogP contribution in [-0.2, 0) is 0 Å². The molecular formula is C15H21FN2O2. The molecule has 0 spiro atoms. The van der Waals surface area contributed by atoms with Crippen LogP contribution in [0.4, 0.5) is 4.39 Å². The van der Waals surface area contributed by atoms with Crippen molar-refractivity contribution in [2.24, 2.45) is 0 Å². The van der Waals surface area contributed by atoms with Crippen molar-refractivity contribution >= 4 is 5.78 Å². The van der Waals surface area contributed by atoms with Crippen molar-refractivity contribution in [3.63, 3.8) is 0 Å². The SMILES string of the molecule is COc1ccc(C(=O)CN2CCN(C)C(C)C2)cc1F. The van der Waals surface area contributed by atoms with Gasteiger partial charge in [-0.1, -0.05) is 0 Å². The molecule has 0 aliphatic carbocycles. The number of methoxy groups -OCH3 is 1. The average molecular weight is 280 g/mol. The first-order chi connectivity index (χ1) is 9.51. The summed E-state index contributed by atoms with van der Waals surface area (Å²) in [6.07, 6.45) is 0. The summed E-state index contributed by atoms with van der Waals surface area (Å²) in [5.41, 5.74) is 0.398. The van der Waals surface area contributed by atoms with Gasteiger partial charge in [0.05, 0.1) is 13.7 Å². The van der Waals surface area contributed by atoms with E-state index in [4.69, 9.17) is 4.74 Å². The minimum Gasteiger partial charge on any atom is -0.494 e. The summed E-state index contributed by atoms with van der Waals surface area (Å²) in [6, 6.07) is 4.80. The molecule has 0 N–H and O–H groups in total. The summed E-state index contributed by atoms with van der Waals surface area (Å²) in [6.45, 7) is 5.16. The van der Waals surface area contributed by atoms with E-state index in [1.807, 2.05) is 0 Å². The molecule has 0 radical (unpaired) electrons. The Labute approximate surface area is 119 Å². The van der Waals surface area contributed by atoms with Crippen LogP contribution >= 0.6 is 0 Å². The molecule has 4 nitrogen and oxygen atoms in total.